The minimum absolute atomic E-state index is 0.0623. The van der Waals surface area contributed by atoms with Crippen molar-refractivity contribution < 1.29 is 23.5 Å². The molecule has 0 aliphatic carbocycles. The van der Waals surface area contributed by atoms with Crippen LogP contribution in [0.5, 0.6) is 0 Å². The van der Waals surface area contributed by atoms with Gasteiger partial charge in [-0.1, -0.05) is 18.2 Å². The Kier molecular flexibility index (Phi) is 7.05. The first kappa shape index (κ1) is 20.1. The molecule has 0 fully saturated rings. The highest BCUT2D eigenvalue weighted by Crippen LogP contribution is 2.13. The average Bonchev–Trinajstić information content (AvgIpc) is 2.66. The van der Waals surface area contributed by atoms with Gasteiger partial charge in [-0.2, -0.15) is 0 Å². The summed E-state index contributed by atoms with van der Waals surface area (Å²) in [4.78, 5) is 36.7. The number of amides is 2. The SMILES string of the molecule is COC(=O)c1ccc(NC(=O)CCN(Cc2ccccc2F)C(C)=O)cc1. The third-order valence-electron chi connectivity index (χ3n) is 3.96. The Labute approximate surface area is 156 Å². The number of carbonyl (C=O) groups excluding carboxylic acids is 3. The maximum atomic E-state index is 13.8. The number of esters is 1. The number of nitrogens with one attached hydrogen (secondary N) is 1. The number of rotatable bonds is 7. The van der Waals surface area contributed by atoms with Crippen molar-refractivity contribution in [3.63, 3.8) is 0 Å². The van der Waals surface area contributed by atoms with Gasteiger partial charge >= 0.3 is 5.97 Å². The molecule has 27 heavy (non-hydrogen) atoms. The topological polar surface area (TPSA) is 75.7 Å². The van der Waals surface area contributed by atoms with Crippen LogP contribution in [0.25, 0.3) is 0 Å². The summed E-state index contributed by atoms with van der Waals surface area (Å²) in [5, 5.41) is 2.69. The van der Waals surface area contributed by atoms with Gasteiger partial charge in [0.15, 0.2) is 0 Å². The molecule has 0 unspecified atom stereocenters. The minimum atomic E-state index is -0.460. The molecular weight excluding hydrogens is 351 g/mol. The summed E-state index contributed by atoms with van der Waals surface area (Å²) >= 11 is 0. The Morgan fingerprint density at radius 3 is 2.33 bits per heavy atom. The van der Waals surface area contributed by atoms with Gasteiger partial charge in [-0.05, 0) is 30.3 Å². The molecule has 0 aromatic heterocycles. The summed E-state index contributed by atoms with van der Waals surface area (Å²) in [5.41, 5.74) is 1.30. The summed E-state index contributed by atoms with van der Waals surface area (Å²) in [6.07, 6.45) is 0.0623. The number of methoxy groups -OCH3 is 1. The second-order valence-electron chi connectivity index (χ2n) is 5.90. The van der Waals surface area contributed by atoms with Crippen molar-refractivity contribution in [3.05, 3.63) is 65.5 Å². The van der Waals surface area contributed by atoms with Gasteiger partial charge in [0.05, 0.1) is 12.7 Å². The molecule has 2 rings (SSSR count). The van der Waals surface area contributed by atoms with Gasteiger partial charge in [-0.25, -0.2) is 9.18 Å². The lowest BCUT2D eigenvalue weighted by Crippen LogP contribution is -2.31. The van der Waals surface area contributed by atoms with Crippen molar-refractivity contribution in [2.75, 3.05) is 19.0 Å². The highest BCUT2D eigenvalue weighted by Gasteiger charge is 2.14. The first-order chi connectivity index (χ1) is 12.9. The molecule has 7 heteroatoms. The molecule has 0 aliphatic rings. The number of halogens is 1. The van der Waals surface area contributed by atoms with Gasteiger partial charge < -0.3 is 15.0 Å². The lowest BCUT2D eigenvalue weighted by molar-refractivity contribution is -0.130. The Morgan fingerprint density at radius 1 is 1.07 bits per heavy atom. The van der Waals surface area contributed by atoms with Gasteiger partial charge in [-0.15, -0.1) is 0 Å². The smallest absolute Gasteiger partial charge is 0.337 e. The van der Waals surface area contributed by atoms with Crippen LogP contribution in [-0.4, -0.2) is 36.3 Å². The zero-order valence-electron chi connectivity index (χ0n) is 15.2. The van der Waals surface area contributed by atoms with E-state index in [1.165, 1.54) is 25.0 Å². The Hall–Kier alpha value is -3.22. The van der Waals surface area contributed by atoms with Gasteiger partial charge in [0.1, 0.15) is 5.82 Å². The van der Waals surface area contributed by atoms with Crippen LogP contribution in [-0.2, 0) is 20.9 Å². The fourth-order valence-corrected chi connectivity index (χ4v) is 2.45. The summed E-state index contributed by atoms with van der Waals surface area (Å²) in [6.45, 7) is 1.64. The van der Waals surface area contributed by atoms with Crippen molar-refractivity contribution in [2.45, 2.75) is 19.9 Å². The summed E-state index contributed by atoms with van der Waals surface area (Å²) < 4.78 is 18.4. The minimum Gasteiger partial charge on any atom is -0.465 e. The van der Waals surface area contributed by atoms with E-state index in [9.17, 15) is 18.8 Å². The molecule has 0 radical (unpaired) electrons. The number of carbonyl (C=O) groups is 3. The summed E-state index contributed by atoms with van der Waals surface area (Å²) in [6, 6.07) is 12.5. The predicted molar refractivity (Wildman–Crippen MR) is 98.5 cm³/mol. The third kappa shape index (κ3) is 5.91. The van der Waals surface area contributed by atoms with E-state index in [0.29, 0.717) is 16.8 Å². The summed E-state index contributed by atoms with van der Waals surface area (Å²) in [7, 11) is 1.29. The van der Waals surface area contributed by atoms with Crippen LogP contribution in [0, 0.1) is 5.82 Å². The van der Waals surface area contributed by atoms with E-state index in [1.54, 1.807) is 42.5 Å². The largest absolute Gasteiger partial charge is 0.465 e. The molecule has 2 amide bonds. The number of anilines is 1. The number of ether oxygens (including phenoxy) is 1. The van der Waals surface area contributed by atoms with Crippen LogP contribution in [0.4, 0.5) is 10.1 Å². The van der Waals surface area contributed by atoms with Gasteiger partial charge in [0.2, 0.25) is 11.8 Å². The fraction of sp³-hybridized carbons (Fsp3) is 0.250. The first-order valence-electron chi connectivity index (χ1n) is 8.38. The molecular formula is C20H21FN2O4. The number of hydrogen-bond donors (Lipinski definition) is 1. The molecule has 0 bridgehead atoms. The third-order valence-corrected chi connectivity index (χ3v) is 3.96. The predicted octanol–water partition coefficient (Wildman–Crippen LogP) is 2.99. The van der Waals surface area contributed by atoms with E-state index < -0.39 is 5.97 Å². The normalized spacial score (nSPS) is 10.2. The van der Waals surface area contributed by atoms with Crippen molar-refractivity contribution in [2.24, 2.45) is 0 Å². The van der Waals surface area contributed by atoms with Crippen molar-refractivity contribution in [1.82, 2.24) is 4.90 Å². The quantitative estimate of drug-likeness (QED) is 0.758. The Bertz CT molecular complexity index is 821. The molecule has 0 saturated heterocycles. The Morgan fingerprint density at radius 2 is 1.74 bits per heavy atom. The van der Waals surface area contributed by atoms with Crippen LogP contribution in [0.3, 0.4) is 0 Å². The highest BCUT2D eigenvalue weighted by molar-refractivity contribution is 5.93. The zero-order valence-corrected chi connectivity index (χ0v) is 15.2. The van der Waals surface area contributed by atoms with E-state index in [-0.39, 0.29) is 37.1 Å². The molecule has 1 N–H and O–H groups in total. The molecule has 0 heterocycles. The highest BCUT2D eigenvalue weighted by atomic mass is 19.1. The van der Waals surface area contributed by atoms with Crippen LogP contribution in [0.2, 0.25) is 0 Å². The fourth-order valence-electron chi connectivity index (χ4n) is 2.45. The van der Waals surface area contributed by atoms with Crippen molar-refractivity contribution >= 4 is 23.5 Å². The number of nitrogens with zero attached hydrogens (tertiary/aromatic N) is 1. The van der Waals surface area contributed by atoms with Gasteiger partial charge in [0, 0.05) is 37.7 Å². The van der Waals surface area contributed by atoms with Gasteiger partial charge in [0.25, 0.3) is 0 Å². The van der Waals surface area contributed by atoms with Crippen LogP contribution in [0.15, 0.2) is 48.5 Å². The first-order valence-corrected chi connectivity index (χ1v) is 8.38. The second-order valence-corrected chi connectivity index (χ2v) is 5.90. The molecule has 2 aromatic carbocycles. The lowest BCUT2D eigenvalue weighted by atomic mass is 10.2. The zero-order chi connectivity index (χ0) is 19.8. The van der Waals surface area contributed by atoms with E-state index in [4.69, 9.17) is 0 Å². The molecule has 0 atom stereocenters. The van der Waals surface area contributed by atoms with E-state index >= 15 is 0 Å². The van der Waals surface area contributed by atoms with Crippen LogP contribution >= 0.6 is 0 Å². The molecule has 0 spiro atoms. The number of benzene rings is 2. The molecule has 0 saturated carbocycles. The van der Waals surface area contributed by atoms with Crippen molar-refractivity contribution in [3.8, 4) is 0 Å². The van der Waals surface area contributed by atoms with Crippen molar-refractivity contribution in [1.29, 1.82) is 0 Å². The molecule has 6 nitrogen and oxygen atoms in total. The Balaban J connectivity index is 1.91. The molecule has 2 aromatic rings. The average molecular weight is 372 g/mol. The van der Waals surface area contributed by atoms with Crippen LogP contribution in [0.1, 0.15) is 29.3 Å². The van der Waals surface area contributed by atoms with E-state index in [2.05, 4.69) is 10.1 Å². The second kappa shape index (κ2) is 9.47. The summed E-state index contributed by atoms with van der Waals surface area (Å²) in [5.74, 6) is -1.38. The maximum absolute atomic E-state index is 13.8. The monoisotopic (exact) mass is 372 g/mol. The van der Waals surface area contributed by atoms with E-state index in [0.717, 1.165) is 0 Å². The van der Waals surface area contributed by atoms with Crippen LogP contribution < -0.4 is 5.32 Å². The molecule has 142 valence electrons. The molecule has 0 aliphatic heterocycles. The van der Waals surface area contributed by atoms with Gasteiger partial charge in [-0.3, -0.25) is 9.59 Å². The standard InChI is InChI=1S/C20H21FN2O4/c1-14(24)23(13-16-5-3-4-6-18(16)21)12-11-19(25)22-17-9-7-15(8-10-17)20(26)27-2/h3-10H,11-13H2,1-2H3,(H,22,25). The van der Waals surface area contributed by atoms with E-state index in [1.807, 2.05) is 0 Å². The number of hydrogen-bond acceptors (Lipinski definition) is 4. The maximum Gasteiger partial charge on any atom is 0.337 e. The lowest BCUT2D eigenvalue weighted by Gasteiger charge is -2.21.